The second kappa shape index (κ2) is 11.2. The van der Waals surface area contributed by atoms with Crippen LogP contribution < -0.4 is 10.2 Å². The molecular weight excluding hydrogens is 550 g/mol. The zero-order valence-corrected chi connectivity index (χ0v) is 24.7. The Bertz CT molecular complexity index is 1580. The van der Waals surface area contributed by atoms with Crippen LogP contribution in [0.25, 0.3) is 5.69 Å². The van der Waals surface area contributed by atoms with Gasteiger partial charge in [0, 0.05) is 49.4 Å². The molecule has 2 aromatic carbocycles. The number of benzene rings is 2. The average molecular weight is 586 g/mol. The minimum Gasteiger partial charge on any atom is -0.381 e. The third-order valence-electron chi connectivity index (χ3n) is 9.47. The summed E-state index contributed by atoms with van der Waals surface area (Å²) in [5.74, 6) is 0.644. The smallest absolute Gasteiger partial charge is 0.291 e. The van der Waals surface area contributed by atoms with Gasteiger partial charge in [0.1, 0.15) is 12.2 Å². The fourth-order valence-electron chi connectivity index (χ4n) is 6.80. The van der Waals surface area contributed by atoms with E-state index in [1.165, 1.54) is 36.9 Å². The molecule has 10 heteroatoms. The molecule has 2 fully saturated rings. The van der Waals surface area contributed by atoms with Crippen molar-refractivity contribution in [1.29, 1.82) is 0 Å². The predicted molar refractivity (Wildman–Crippen MR) is 161 cm³/mol. The summed E-state index contributed by atoms with van der Waals surface area (Å²) in [6, 6.07) is 12.3. The molecule has 0 bridgehead atoms. The van der Waals surface area contributed by atoms with Crippen LogP contribution in [0.2, 0.25) is 5.02 Å². The molecule has 5 heterocycles. The van der Waals surface area contributed by atoms with Gasteiger partial charge in [-0.3, -0.25) is 4.79 Å². The van der Waals surface area contributed by atoms with E-state index in [4.69, 9.17) is 16.3 Å². The number of aryl methyl sites for hydroxylation is 2. The van der Waals surface area contributed by atoms with Crippen LogP contribution in [0.1, 0.15) is 71.3 Å². The summed E-state index contributed by atoms with van der Waals surface area (Å²) in [5, 5.41) is 8.28. The molecular formula is C32H36ClN7O2. The molecule has 2 aromatic heterocycles. The molecule has 0 radical (unpaired) electrons. The van der Waals surface area contributed by atoms with Gasteiger partial charge in [-0.15, -0.1) is 5.10 Å². The number of hydrogen-bond donors (Lipinski definition) is 1. The Kier molecular flexibility index (Phi) is 7.23. The van der Waals surface area contributed by atoms with Crippen molar-refractivity contribution < 1.29 is 9.53 Å². The number of hydrogen-bond acceptors (Lipinski definition) is 6. The Hall–Kier alpha value is -3.69. The maximum Gasteiger partial charge on any atom is 0.291 e. The number of carbonyl (C=O) groups excluding carboxylic acids is 1. The fraction of sp³-hybridized carbons (Fsp3) is 0.438. The van der Waals surface area contributed by atoms with Crippen LogP contribution in [-0.2, 0) is 17.7 Å². The van der Waals surface area contributed by atoms with Gasteiger partial charge in [0.15, 0.2) is 0 Å². The Labute approximate surface area is 250 Å². The van der Waals surface area contributed by atoms with Crippen molar-refractivity contribution in [3.63, 3.8) is 0 Å². The van der Waals surface area contributed by atoms with E-state index in [0.717, 1.165) is 61.8 Å². The highest BCUT2D eigenvalue weighted by Gasteiger charge is 2.36. The van der Waals surface area contributed by atoms with Gasteiger partial charge in [0.05, 0.1) is 18.3 Å². The largest absolute Gasteiger partial charge is 0.381 e. The highest BCUT2D eigenvalue weighted by molar-refractivity contribution is 6.31. The normalized spacial score (nSPS) is 19.7. The summed E-state index contributed by atoms with van der Waals surface area (Å²) < 4.78 is 9.42. The second-order valence-electron chi connectivity index (χ2n) is 11.9. The summed E-state index contributed by atoms with van der Waals surface area (Å²) in [7, 11) is 0. The molecule has 218 valence electrons. The number of imidazole rings is 1. The van der Waals surface area contributed by atoms with Crippen LogP contribution in [0.5, 0.6) is 0 Å². The molecule has 1 spiro atoms. The van der Waals surface area contributed by atoms with Gasteiger partial charge in [-0.05, 0) is 85.8 Å². The van der Waals surface area contributed by atoms with E-state index < -0.39 is 0 Å². The molecule has 0 saturated carbocycles. The Morgan fingerprint density at radius 1 is 1.12 bits per heavy atom. The predicted octanol–water partition coefficient (Wildman–Crippen LogP) is 5.29. The van der Waals surface area contributed by atoms with Gasteiger partial charge in [-0.2, -0.15) is 0 Å². The highest BCUT2D eigenvalue weighted by atomic mass is 35.5. The SMILES string of the molecule is Cc1cccc(Cl)c1Cn1cnc(C(=O)NC2CCc3ccc(N4CCC5(CCOCC5)CC4)cc3-n3ccnc32)n1. The quantitative estimate of drug-likeness (QED) is 0.342. The number of aromatic nitrogens is 5. The number of rotatable bonds is 5. The third kappa shape index (κ3) is 5.20. The monoisotopic (exact) mass is 585 g/mol. The second-order valence-corrected chi connectivity index (χ2v) is 12.3. The molecule has 3 aliphatic rings. The van der Waals surface area contributed by atoms with Gasteiger partial charge < -0.3 is 19.5 Å². The molecule has 42 heavy (non-hydrogen) atoms. The van der Waals surface area contributed by atoms with Crippen molar-refractivity contribution in [2.24, 2.45) is 5.41 Å². The molecule has 2 saturated heterocycles. The Morgan fingerprint density at radius 3 is 2.76 bits per heavy atom. The van der Waals surface area contributed by atoms with Crippen LogP contribution in [0.3, 0.4) is 0 Å². The van der Waals surface area contributed by atoms with Crippen LogP contribution >= 0.6 is 11.6 Å². The molecule has 3 aliphatic heterocycles. The molecule has 1 atom stereocenters. The van der Waals surface area contributed by atoms with Crippen molar-refractivity contribution >= 4 is 23.2 Å². The molecule has 1 N–H and O–H groups in total. The number of halogens is 1. The lowest BCUT2D eigenvalue weighted by molar-refractivity contribution is 0.00212. The number of amides is 1. The average Bonchev–Trinajstić information content (AvgIpc) is 3.66. The van der Waals surface area contributed by atoms with Crippen LogP contribution in [0.15, 0.2) is 55.1 Å². The van der Waals surface area contributed by atoms with Crippen LogP contribution in [0.4, 0.5) is 5.69 Å². The standard InChI is InChI=1S/C32H36ClN7O2/c1-22-3-2-4-26(33)25(22)20-39-21-35-29(37-39)31(41)36-27-8-6-23-5-7-24(19-28(23)40-16-13-34-30(27)40)38-14-9-32(10-15-38)11-17-42-18-12-32/h2-5,7,13,16,19,21,27H,6,8-12,14-15,17-18,20H2,1H3,(H,36,41). The summed E-state index contributed by atoms with van der Waals surface area (Å²) in [6.07, 6.45) is 11.8. The lowest BCUT2D eigenvalue weighted by Gasteiger charge is -2.45. The van der Waals surface area contributed by atoms with E-state index in [2.05, 4.69) is 48.0 Å². The maximum absolute atomic E-state index is 13.3. The number of piperidine rings is 1. The fourth-order valence-corrected chi connectivity index (χ4v) is 7.08. The van der Waals surface area contributed by atoms with Crippen LogP contribution in [-0.4, -0.2) is 56.5 Å². The lowest BCUT2D eigenvalue weighted by atomic mass is 9.72. The number of anilines is 1. The first-order valence-corrected chi connectivity index (χ1v) is 15.3. The number of ether oxygens (including phenoxy) is 1. The van der Waals surface area contributed by atoms with E-state index in [1.807, 2.05) is 37.5 Å². The first-order chi connectivity index (χ1) is 20.5. The zero-order valence-electron chi connectivity index (χ0n) is 23.9. The lowest BCUT2D eigenvalue weighted by Crippen LogP contribution is -2.43. The maximum atomic E-state index is 13.3. The molecule has 9 nitrogen and oxygen atoms in total. The Morgan fingerprint density at radius 2 is 1.95 bits per heavy atom. The van der Waals surface area contributed by atoms with Gasteiger partial charge in [-0.1, -0.05) is 29.8 Å². The van der Waals surface area contributed by atoms with Crippen molar-refractivity contribution in [3.05, 3.63) is 88.5 Å². The Balaban J connectivity index is 1.06. The summed E-state index contributed by atoms with van der Waals surface area (Å²) in [5.41, 5.74) is 6.14. The highest BCUT2D eigenvalue weighted by Crippen LogP contribution is 2.42. The van der Waals surface area contributed by atoms with Gasteiger partial charge in [0.2, 0.25) is 5.82 Å². The van der Waals surface area contributed by atoms with E-state index in [1.54, 1.807) is 11.0 Å². The molecule has 7 rings (SSSR count). The summed E-state index contributed by atoms with van der Waals surface area (Å²) >= 11 is 6.40. The van der Waals surface area contributed by atoms with Crippen molar-refractivity contribution in [3.8, 4) is 5.69 Å². The van der Waals surface area contributed by atoms with Crippen molar-refractivity contribution in [2.75, 3.05) is 31.2 Å². The first kappa shape index (κ1) is 27.2. The topological polar surface area (TPSA) is 90.1 Å². The zero-order chi connectivity index (χ0) is 28.7. The minimum atomic E-state index is -0.314. The van der Waals surface area contributed by atoms with Gasteiger partial charge in [-0.25, -0.2) is 14.6 Å². The first-order valence-electron chi connectivity index (χ1n) is 14.9. The molecule has 4 aromatic rings. The summed E-state index contributed by atoms with van der Waals surface area (Å²) in [4.78, 5) is 24.8. The van der Waals surface area contributed by atoms with Crippen LogP contribution in [0, 0.1) is 12.3 Å². The van der Waals surface area contributed by atoms with E-state index >= 15 is 0 Å². The minimum absolute atomic E-state index is 0.134. The van der Waals surface area contributed by atoms with Crippen molar-refractivity contribution in [2.45, 2.75) is 58.0 Å². The van der Waals surface area contributed by atoms with Gasteiger partial charge in [0.25, 0.3) is 5.91 Å². The number of nitrogens with one attached hydrogen (secondary N) is 1. The van der Waals surface area contributed by atoms with E-state index in [0.29, 0.717) is 17.0 Å². The van der Waals surface area contributed by atoms with Gasteiger partial charge >= 0.3 is 0 Å². The third-order valence-corrected chi connectivity index (χ3v) is 9.83. The number of fused-ring (bicyclic) bond motifs is 3. The molecule has 1 amide bonds. The van der Waals surface area contributed by atoms with E-state index in [9.17, 15) is 4.79 Å². The summed E-state index contributed by atoms with van der Waals surface area (Å²) in [6.45, 7) is 6.41. The van der Waals surface area contributed by atoms with E-state index in [-0.39, 0.29) is 17.8 Å². The molecule has 0 aliphatic carbocycles. The number of carbonyl (C=O) groups is 1. The molecule has 1 unspecified atom stereocenters. The van der Waals surface area contributed by atoms with Crippen molar-refractivity contribution in [1.82, 2.24) is 29.6 Å². The number of nitrogens with zero attached hydrogens (tertiary/aromatic N) is 6.